The van der Waals surface area contributed by atoms with Gasteiger partial charge < -0.3 is 14.2 Å². The van der Waals surface area contributed by atoms with Gasteiger partial charge in [0.25, 0.3) is 0 Å². The Bertz CT molecular complexity index is 926. The number of unbranched alkanes of at least 4 members (excludes halogenated alkanes) is 2. The number of aromatic nitrogens is 2. The molecule has 0 aliphatic rings. The van der Waals surface area contributed by atoms with Crippen LogP contribution in [0.15, 0.2) is 24.4 Å². The van der Waals surface area contributed by atoms with Gasteiger partial charge in [0, 0.05) is 11.8 Å². The second-order valence-electron chi connectivity index (χ2n) is 7.18. The first kappa shape index (κ1) is 25.7. The van der Waals surface area contributed by atoms with Crippen LogP contribution in [0.25, 0.3) is 11.3 Å². The van der Waals surface area contributed by atoms with Gasteiger partial charge in [-0.25, -0.2) is 15.0 Å². The van der Waals surface area contributed by atoms with Crippen LogP contribution in [0.1, 0.15) is 32.6 Å². The van der Waals surface area contributed by atoms with Gasteiger partial charge in [-0.15, -0.1) is 0 Å². The van der Waals surface area contributed by atoms with Crippen molar-refractivity contribution in [1.29, 1.82) is 0 Å². The lowest BCUT2D eigenvalue weighted by Gasteiger charge is -2.20. The number of ether oxygens (including phenoxy) is 3. The standard InChI is InChI=1S/C22H31N5O6/c1-5-6-7-8-15(13-27(30)14-28)21(29)25-26-22-23-12-11-17(24-22)16-9-10-18(31-2)20(33-4)19(16)32-3/h9-12,14-15,30H,5-8,13H2,1-4H3,(H,25,29)(H,23,24,26)/t15-/m1/s1. The van der Waals surface area contributed by atoms with Crippen LogP contribution in [0.4, 0.5) is 5.95 Å². The lowest BCUT2D eigenvalue weighted by Crippen LogP contribution is -2.40. The Kier molecular flexibility index (Phi) is 10.2. The van der Waals surface area contributed by atoms with Crippen molar-refractivity contribution in [3.05, 3.63) is 24.4 Å². The van der Waals surface area contributed by atoms with Crippen LogP contribution in [0, 0.1) is 5.92 Å². The summed E-state index contributed by atoms with van der Waals surface area (Å²) in [5.74, 6) is 0.565. The smallest absolute Gasteiger partial charge is 0.243 e. The molecule has 180 valence electrons. The van der Waals surface area contributed by atoms with Crippen LogP contribution in [0.3, 0.4) is 0 Å². The molecule has 1 aromatic carbocycles. The molecule has 0 spiro atoms. The van der Waals surface area contributed by atoms with Crippen LogP contribution in [-0.4, -0.2) is 60.4 Å². The number of hydrazine groups is 1. The second kappa shape index (κ2) is 13.1. The molecule has 33 heavy (non-hydrogen) atoms. The van der Waals surface area contributed by atoms with Gasteiger partial charge >= 0.3 is 0 Å². The van der Waals surface area contributed by atoms with Gasteiger partial charge in [0.05, 0.1) is 39.5 Å². The molecule has 0 fully saturated rings. The Labute approximate surface area is 193 Å². The molecule has 11 nitrogen and oxygen atoms in total. The van der Waals surface area contributed by atoms with Crippen molar-refractivity contribution in [3.63, 3.8) is 0 Å². The molecule has 2 rings (SSSR count). The zero-order valence-electron chi connectivity index (χ0n) is 19.3. The number of hydroxylamine groups is 2. The van der Waals surface area contributed by atoms with Crippen molar-refractivity contribution >= 4 is 18.3 Å². The van der Waals surface area contributed by atoms with Crippen molar-refractivity contribution in [2.45, 2.75) is 32.6 Å². The van der Waals surface area contributed by atoms with Crippen molar-refractivity contribution < 1.29 is 29.0 Å². The van der Waals surface area contributed by atoms with E-state index in [-0.39, 0.29) is 24.8 Å². The summed E-state index contributed by atoms with van der Waals surface area (Å²) in [6.45, 7) is 1.95. The van der Waals surface area contributed by atoms with Gasteiger partial charge in [0.1, 0.15) is 0 Å². The third-order valence-corrected chi connectivity index (χ3v) is 4.99. The fourth-order valence-corrected chi connectivity index (χ4v) is 3.31. The molecular weight excluding hydrogens is 430 g/mol. The van der Waals surface area contributed by atoms with Gasteiger partial charge in [-0.05, 0) is 24.6 Å². The van der Waals surface area contributed by atoms with Crippen LogP contribution in [0.2, 0.25) is 0 Å². The molecule has 0 radical (unpaired) electrons. The SMILES string of the molecule is CCCCC[C@H](CN(O)C=O)C(=O)NNc1nccc(-c2ccc(OC)c(OC)c2OC)n1. The number of benzene rings is 1. The van der Waals surface area contributed by atoms with Crippen LogP contribution < -0.4 is 25.1 Å². The maximum absolute atomic E-state index is 12.6. The van der Waals surface area contributed by atoms with Crippen molar-refractivity contribution in [1.82, 2.24) is 20.5 Å². The van der Waals surface area contributed by atoms with E-state index in [1.165, 1.54) is 27.5 Å². The molecule has 0 bridgehead atoms. The molecule has 0 aliphatic heterocycles. The summed E-state index contributed by atoms with van der Waals surface area (Å²) in [6.07, 6.45) is 5.07. The minimum Gasteiger partial charge on any atom is -0.493 e. The van der Waals surface area contributed by atoms with E-state index < -0.39 is 5.92 Å². The minimum absolute atomic E-state index is 0.107. The molecule has 1 aromatic heterocycles. The van der Waals surface area contributed by atoms with Crippen LogP contribution >= 0.6 is 0 Å². The zero-order chi connectivity index (χ0) is 24.2. The van der Waals surface area contributed by atoms with Crippen molar-refractivity contribution in [2.75, 3.05) is 33.3 Å². The third kappa shape index (κ3) is 6.94. The van der Waals surface area contributed by atoms with E-state index >= 15 is 0 Å². The average Bonchev–Trinajstić information content (AvgIpc) is 2.85. The number of amides is 2. The lowest BCUT2D eigenvalue weighted by atomic mass is 10.0. The molecule has 1 atom stereocenters. The summed E-state index contributed by atoms with van der Waals surface area (Å²) < 4.78 is 16.2. The van der Waals surface area contributed by atoms with Crippen LogP contribution in [-0.2, 0) is 9.59 Å². The fraction of sp³-hybridized carbons (Fsp3) is 0.455. The molecule has 11 heteroatoms. The van der Waals surface area contributed by atoms with E-state index in [1.54, 1.807) is 18.2 Å². The monoisotopic (exact) mass is 461 g/mol. The summed E-state index contributed by atoms with van der Waals surface area (Å²) >= 11 is 0. The Morgan fingerprint density at radius 1 is 1.15 bits per heavy atom. The number of carbonyl (C=O) groups is 2. The molecule has 0 aliphatic carbocycles. The number of nitrogens with zero attached hydrogens (tertiary/aromatic N) is 3. The van der Waals surface area contributed by atoms with E-state index in [1.807, 2.05) is 0 Å². The first-order valence-corrected chi connectivity index (χ1v) is 10.6. The molecule has 1 heterocycles. The number of anilines is 1. The van der Waals surface area contributed by atoms with E-state index in [0.29, 0.717) is 40.0 Å². The quantitative estimate of drug-likeness (QED) is 0.168. The highest BCUT2D eigenvalue weighted by atomic mass is 16.5. The highest BCUT2D eigenvalue weighted by Gasteiger charge is 2.21. The van der Waals surface area contributed by atoms with Gasteiger partial charge in [-0.3, -0.25) is 25.6 Å². The predicted octanol–water partition coefficient (Wildman–Crippen LogP) is 2.66. The largest absolute Gasteiger partial charge is 0.493 e. The highest BCUT2D eigenvalue weighted by molar-refractivity contribution is 5.80. The predicted molar refractivity (Wildman–Crippen MR) is 121 cm³/mol. The normalized spacial score (nSPS) is 11.3. The Morgan fingerprint density at radius 2 is 1.91 bits per heavy atom. The molecule has 0 saturated carbocycles. The molecule has 0 unspecified atom stereocenters. The Balaban J connectivity index is 2.18. The summed E-state index contributed by atoms with van der Waals surface area (Å²) in [4.78, 5) is 32.0. The van der Waals surface area contributed by atoms with Crippen molar-refractivity contribution in [3.8, 4) is 28.5 Å². The number of hydrogen-bond donors (Lipinski definition) is 3. The Morgan fingerprint density at radius 3 is 2.55 bits per heavy atom. The molecule has 3 N–H and O–H groups in total. The Hall–Kier alpha value is -3.60. The third-order valence-electron chi connectivity index (χ3n) is 4.99. The van der Waals surface area contributed by atoms with E-state index in [2.05, 4.69) is 27.7 Å². The number of carbonyl (C=O) groups excluding carboxylic acids is 2. The van der Waals surface area contributed by atoms with E-state index in [4.69, 9.17) is 14.2 Å². The maximum atomic E-state index is 12.6. The lowest BCUT2D eigenvalue weighted by molar-refractivity contribution is -0.154. The summed E-state index contributed by atoms with van der Waals surface area (Å²) in [5, 5.41) is 9.99. The maximum Gasteiger partial charge on any atom is 0.243 e. The van der Waals surface area contributed by atoms with Gasteiger partial charge in [-0.1, -0.05) is 26.2 Å². The van der Waals surface area contributed by atoms with Gasteiger partial charge in [-0.2, -0.15) is 0 Å². The van der Waals surface area contributed by atoms with Gasteiger partial charge in [0.15, 0.2) is 11.5 Å². The summed E-state index contributed by atoms with van der Waals surface area (Å²) in [5.41, 5.74) is 6.43. The second-order valence-corrected chi connectivity index (χ2v) is 7.18. The van der Waals surface area contributed by atoms with Gasteiger partial charge in [0.2, 0.25) is 24.0 Å². The molecule has 2 amide bonds. The molecule has 0 saturated heterocycles. The van der Waals surface area contributed by atoms with E-state index in [9.17, 15) is 14.8 Å². The molecular formula is C22H31N5O6. The summed E-state index contributed by atoms with van der Waals surface area (Å²) in [7, 11) is 4.57. The number of rotatable bonds is 14. The van der Waals surface area contributed by atoms with Crippen LogP contribution in [0.5, 0.6) is 17.2 Å². The minimum atomic E-state index is -0.589. The highest BCUT2D eigenvalue weighted by Crippen LogP contribution is 2.43. The fourth-order valence-electron chi connectivity index (χ4n) is 3.31. The average molecular weight is 462 g/mol. The summed E-state index contributed by atoms with van der Waals surface area (Å²) in [6, 6.07) is 5.21. The first-order chi connectivity index (χ1) is 16.0. The topological polar surface area (TPSA) is 135 Å². The molecule has 2 aromatic rings. The van der Waals surface area contributed by atoms with Crippen molar-refractivity contribution in [2.24, 2.45) is 5.92 Å². The zero-order valence-corrected chi connectivity index (χ0v) is 19.3. The number of hydrogen-bond acceptors (Lipinski definition) is 9. The number of methoxy groups -OCH3 is 3. The number of nitrogens with one attached hydrogen (secondary N) is 2. The first-order valence-electron chi connectivity index (χ1n) is 10.6. The van der Waals surface area contributed by atoms with E-state index in [0.717, 1.165) is 19.3 Å².